The van der Waals surface area contributed by atoms with Crippen molar-refractivity contribution in [3.63, 3.8) is 0 Å². The molecule has 1 aromatic rings. The van der Waals surface area contributed by atoms with Gasteiger partial charge in [0.2, 0.25) is 0 Å². The molecule has 1 nitrogen and oxygen atoms in total. The number of benzene rings is 1. The zero-order valence-electron chi connectivity index (χ0n) is 11.0. The summed E-state index contributed by atoms with van der Waals surface area (Å²) in [7, 11) is 0. The average molecular weight is 218 g/mol. The molecule has 0 saturated heterocycles. The van der Waals surface area contributed by atoms with Crippen molar-refractivity contribution in [1.82, 2.24) is 0 Å². The molecule has 0 saturated carbocycles. The van der Waals surface area contributed by atoms with Gasteiger partial charge in [0.25, 0.3) is 0 Å². The first-order valence-corrected chi connectivity index (χ1v) is 5.89. The summed E-state index contributed by atoms with van der Waals surface area (Å²) in [5.41, 5.74) is 3.40. The number of hydrogen-bond acceptors (Lipinski definition) is 1. The lowest BCUT2D eigenvalue weighted by Crippen LogP contribution is -2.12. The summed E-state index contributed by atoms with van der Waals surface area (Å²) in [6, 6.07) is 4.00. The smallest absolute Gasteiger partial charge is 0.119 e. The maximum atomic E-state index is 10.0. The molecule has 0 aliphatic heterocycles. The number of hydrogen-bond donors (Lipinski definition) is 1. The Labute approximate surface area is 98.8 Å². The van der Waals surface area contributed by atoms with Crippen LogP contribution in [0.1, 0.15) is 51.3 Å². The highest BCUT2D eigenvalue weighted by Crippen LogP contribution is 2.33. The molecule has 1 N–H and O–H groups in total. The highest BCUT2D eigenvalue weighted by atomic mass is 16.3. The van der Waals surface area contributed by atoms with Gasteiger partial charge in [0.15, 0.2) is 0 Å². The van der Waals surface area contributed by atoms with Gasteiger partial charge in [-0.15, -0.1) is 0 Å². The molecular formula is C15H22O. The Morgan fingerprint density at radius 3 is 2.31 bits per heavy atom. The topological polar surface area (TPSA) is 20.2 Å². The Hall–Kier alpha value is -1.24. The van der Waals surface area contributed by atoms with Gasteiger partial charge < -0.3 is 5.11 Å². The van der Waals surface area contributed by atoms with Gasteiger partial charge in [-0.3, -0.25) is 0 Å². The summed E-state index contributed by atoms with van der Waals surface area (Å²) in [5.74, 6) is 0.414. The second-order valence-electron chi connectivity index (χ2n) is 5.17. The highest BCUT2D eigenvalue weighted by Gasteiger charge is 2.19. The summed E-state index contributed by atoms with van der Waals surface area (Å²) in [4.78, 5) is 0. The number of phenols is 1. The van der Waals surface area contributed by atoms with E-state index in [1.54, 1.807) is 0 Å². The molecule has 1 aromatic carbocycles. The van der Waals surface area contributed by atoms with Crippen LogP contribution in [0.15, 0.2) is 18.2 Å². The Bertz CT molecular complexity index is 395. The van der Waals surface area contributed by atoms with Crippen LogP contribution in [0.5, 0.6) is 5.75 Å². The Balaban J connectivity index is 3.39. The standard InChI is InChI=1S/C15H22O/c1-6-8-12-9-13(15(3,4)5)14(16)10-11(12)7-2/h6,8-10,16H,7H2,1-5H3. The first kappa shape index (κ1) is 12.8. The van der Waals surface area contributed by atoms with Crippen molar-refractivity contribution in [2.24, 2.45) is 0 Å². The van der Waals surface area contributed by atoms with Crippen LogP contribution < -0.4 is 0 Å². The fourth-order valence-corrected chi connectivity index (χ4v) is 1.89. The third kappa shape index (κ3) is 2.66. The largest absolute Gasteiger partial charge is 0.508 e. The first-order valence-electron chi connectivity index (χ1n) is 5.89. The molecule has 1 rings (SSSR count). The van der Waals surface area contributed by atoms with E-state index in [1.165, 1.54) is 11.1 Å². The molecule has 88 valence electrons. The number of aromatic hydroxyl groups is 1. The third-order valence-electron chi connectivity index (χ3n) is 2.79. The Morgan fingerprint density at radius 2 is 1.88 bits per heavy atom. The molecule has 0 radical (unpaired) electrons. The molecule has 0 aromatic heterocycles. The van der Waals surface area contributed by atoms with Crippen molar-refractivity contribution in [1.29, 1.82) is 0 Å². The van der Waals surface area contributed by atoms with Gasteiger partial charge in [-0.1, -0.05) is 39.8 Å². The van der Waals surface area contributed by atoms with Crippen LogP contribution in [0, 0.1) is 0 Å². The maximum absolute atomic E-state index is 10.0. The van der Waals surface area contributed by atoms with E-state index in [9.17, 15) is 5.11 Å². The molecule has 0 atom stereocenters. The normalized spacial score (nSPS) is 12.3. The molecule has 0 amide bonds. The molecule has 0 spiro atoms. The van der Waals surface area contributed by atoms with Crippen LogP contribution in [-0.2, 0) is 11.8 Å². The van der Waals surface area contributed by atoms with E-state index in [4.69, 9.17) is 0 Å². The molecule has 0 heterocycles. The molecule has 0 unspecified atom stereocenters. The van der Waals surface area contributed by atoms with E-state index >= 15 is 0 Å². The number of allylic oxidation sites excluding steroid dienone is 1. The second-order valence-corrected chi connectivity index (χ2v) is 5.17. The maximum Gasteiger partial charge on any atom is 0.119 e. The van der Waals surface area contributed by atoms with Gasteiger partial charge in [0, 0.05) is 0 Å². The fraction of sp³-hybridized carbons (Fsp3) is 0.467. The SMILES string of the molecule is CC=Cc1cc(C(C)(C)C)c(O)cc1CC. The Morgan fingerprint density at radius 1 is 1.25 bits per heavy atom. The summed E-state index contributed by atoms with van der Waals surface area (Å²) in [6.07, 6.45) is 5.09. The minimum Gasteiger partial charge on any atom is -0.508 e. The molecular weight excluding hydrogens is 196 g/mol. The van der Waals surface area contributed by atoms with Crippen LogP contribution in [0.2, 0.25) is 0 Å². The van der Waals surface area contributed by atoms with Crippen molar-refractivity contribution in [3.05, 3.63) is 34.9 Å². The molecule has 0 aliphatic carbocycles. The van der Waals surface area contributed by atoms with Gasteiger partial charge in [0.1, 0.15) is 5.75 Å². The average Bonchev–Trinajstić information content (AvgIpc) is 2.18. The van der Waals surface area contributed by atoms with Crippen LogP contribution in [-0.4, -0.2) is 5.11 Å². The van der Waals surface area contributed by atoms with Crippen LogP contribution in [0.4, 0.5) is 0 Å². The van der Waals surface area contributed by atoms with E-state index in [0.29, 0.717) is 5.75 Å². The quantitative estimate of drug-likeness (QED) is 0.785. The van der Waals surface area contributed by atoms with Gasteiger partial charge in [-0.25, -0.2) is 0 Å². The minimum atomic E-state index is -0.0211. The van der Waals surface area contributed by atoms with E-state index in [-0.39, 0.29) is 5.41 Å². The van der Waals surface area contributed by atoms with Crippen molar-refractivity contribution in [2.45, 2.75) is 46.5 Å². The van der Waals surface area contributed by atoms with Crippen molar-refractivity contribution >= 4 is 6.08 Å². The Kier molecular flexibility index (Phi) is 3.79. The van der Waals surface area contributed by atoms with E-state index < -0.39 is 0 Å². The third-order valence-corrected chi connectivity index (χ3v) is 2.79. The predicted molar refractivity (Wildman–Crippen MR) is 70.9 cm³/mol. The second kappa shape index (κ2) is 4.73. The van der Waals surface area contributed by atoms with E-state index in [1.807, 2.05) is 19.1 Å². The zero-order valence-corrected chi connectivity index (χ0v) is 11.0. The van der Waals surface area contributed by atoms with Gasteiger partial charge >= 0.3 is 0 Å². The molecule has 0 bridgehead atoms. The monoisotopic (exact) mass is 218 g/mol. The van der Waals surface area contributed by atoms with Crippen molar-refractivity contribution in [3.8, 4) is 5.75 Å². The van der Waals surface area contributed by atoms with E-state index in [0.717, 1.165) is 12.0 Å². The van der Waals surface area contributed by atoms with Crippen LogP contribution in [0.25, 0.3) is 6.08 Å². The number of rotatable bonds is 2. The molecule has 16 heavy (non-hydrogen) atoms. The van der Waals surface area contributed by atoms with Crippen molar-refractivity contribution in [2.75, 3.05) is 0 Å². The predicted octanol–water partition coefficient (Wildman–Crippen LogP) is 4.29. The fourth-order valence-electron chi connectivity index (χ4n) is 1.89. The minimum absolute atomic E-state index is 0.0211. The lowest BCUT2D eigenvalue weighted by atomic mass is 9.84. The summed E-state index contributed by atoms with van der Waals surface area (Å²) in [6.45, 7) is 10.5. The zero-order chi connectivity index (χ0) is 12.3. The molecule has 1 heteroatoms. The number of aryl methyl sites for hydroxylation is 1. The van der Waals surface area contributed by atoms with Gasteiger partial charge in [-0.2, -0.15) is 0 Å². The summed E-state index contributed by atoms with van der Waals surface area (Å²) >= 11 is 0. The first-order chi connectivity index (χ1) is 7.40. The lowest BCUT2D eigenvalue weighted by Gasteiger charge is -2.22. The van der Waals surface area contributed by atoms with Crippen LogP contribution >= 0.6 is 0 Å². The summed E-state index contributed by atoms with van der Waals surface area (Å²) in [5, 5.41) is 10.0. The van der Waals surface area contributed by atoms with Gasteiger partial charge in [-0.05, 0) is 47.6 Å². The highest BCUT2D eigenvalue weighted by molar-refractivity contribution is 5.59. The lowest BCUT2D eigenvalue weighted by molar-refractivity contribution is 0.446. The molecule has 0 aliphatic rings. The molecule has 0 fully saturated rings. The van der Waals surface area contributed by atoms with Crippen molar-refractivity contribution < 1.29 is 5.11 Å². The van der Waals surface area contributed by atoms with Crippen LogP contribution in [0.3, 0.4) is 0 Å². The number of phenolic OH excluding ortho intramolecular Hbond substituents is 1. The summed E-state index contributed by atoms with van der Waals surface area (Å²) < 4.78 is 0. The van der Waals surface area contributed by atoms with E-state index in [2.05, 4.69) is 39.8 Å². The van der Waals surface area contributed by atoms with Gasteiger partial charge in [0.05, 0.1) is 0 Å².